The zero-order chi connectivity index (χ0) is 9.14. The number of hydrogen-bond donors (Lipinski definition) is 1. The SMILES string of the molecule is CC(C)[C@H](C#N)N1CC(CN)C1. The van der Waals surface area contributed by atoms with Crippen molar-refractivity contribution in [3.63, 3.8) is 0 Å². The van der Waals surface area contributed by atoms with Crippen LogP contribution in [-0.4, -0.2) is 30.6 Å². The van der Waals surface area contributed by atoms with E-state index in [0.29, 0.717) is 11.8 Å². The van der Waals surface area contributed by atoms with Crippen LogP contribution in [0.15, 0.2) is 0 Å². The van der Waals surface area contributed by atoms with Crippen LogP contribution in [0.3, 0.4) is 0 Å². The van der Waals surface area contributed by atoms with Crippen LogP contribution in [0.1, 0.15) is 13.8 Å². The molecule has 1 aliphatic heterocycles. The average molecular weight is 167 g/mol. The van der Waals surface area contributed by atoms with Gasteiger partial charge in [0.25, 0.3) is 0 Å². The molecule has 0 saturated carbocycles. The lowest BCUT2D eigenvalue weighted by molar-refractivity contribution is 0.0612. The molecule has 0 radical (unpaired) electrons. The van der Waals surface area contributed by atoms with Gasteiger partial charge < -0.3 is 5.73 Å². The first kappa shape index (κ1) is 9.50. The Bertz CT molecular complexity index is 177. The van der Waals surface area contributed by atoms with Crippen molar-refractivity contribution in [2.24, 2.45) is 17.6 Å². The highest BCUT2D eigenvalue weighted by atomic mass is 15.2. The summed E-state index contributed by atoms with van der Waals surface area (Å²) < 4.78 is 0. The minimum Gasteiger partial charge on any atom is -0.330 e. The topological polar surface area (TPSA) is 53.0 Å². The number of nitrogens with two attached hydrogens (primary N) is 1. The molecular weight excluding hydrogens is 150 g/mol. The fraction of sp³-hybridized carbons (Fsp3) is 0.889. The highest BCUT2D eigenvalue weighted by Crippen LogP contribution is 2.21. The van der Waals surface area contributed by atoms with Crippen LogP contribution in [-0.2, 0) is 0 Å². The molecule has 1 aliphatic rings. The number of hydrogen-bond acceptors (Lipinski definition) is 3. The molecule has 12 heavy (non-hydrogen) atoms. The Kier molecular flexibility index (Phi) is 3.07. The molecule has 0 unspecified atom stereocenters. The van der Waals surface area contributed by atoms with Gasteiger partial charge in [-0.15, -0.1) is 0 Å². The van der Waals surface area contributed by atoms with E-state index in [1.54, 1.807) is 0 Å². The quantitative estimate of drug-likeness (QED) is 0.663. The molecule has 1 rings (SSSR count). The van der Waals surface area contributed by atoms with Gasteiger partial charge in [0.1, 0.15) is 6.04 Å². The molecule has 0 aromatic rings. The van der Waals surface area contributed by atoms with E-state index in [9.17, 15) is 0 Å². The maximum atomic E-state index is 8.87. The van der Waals surface area contributed by atoms with Crippen molar-refractivity contribution in [3.05, 3.63) is 0 Å². The minimum atomic E-state index is 0.0906. The van der Waals surface area contributed by atoms with E-state index in [-0.39, 0.29) is 6.04 Å². The van der Waals surface area contributed by atoms with Crippen LogP contribution in [0.5, 0.6) is 0 Å². The molecule has 1 fully saturated rings. The Labute approximate surface area is 74.1 Å². The van der Waals surface area contributed by atoms with Crippen LogP contribution in [0.25, 0.3) is 0 Å². The largest absolute Gasteiger partial charge is 0.330 e. The van der Waals surface area contributed by atoms with Crippen molar-refractivity contribution < 1.29 is 0 Å². The molecule has 1 atom stereocenters. The van der Waals surface area contributed by atoms with Gasteiger partial charge in [0.2, 0.25) is 0 Å². The summed E-state index contributed by atoms with van der Waals surface area (Å²) in [5.74, 6) is 1.05. The van der Waals surface area contributed by atoms with Gasteiger partial charge in [0.05, 0.1) is 6.07 Å². The Morgan fingerprint density at radius 2 is 2.17 bits per heavy atom. The second kappa shape index (κ2) is 3.88. The average Bonchev–Trinajstić information content (AvgIpc) is 1.94. The molecule has 0 aromatic heterocycles. The Morgan fingerprint density at radius 1 is 1.58 bits per heavy atom. The van der Waals surface area contributed by atoms with Crippen molar-refractivity contribution in [2.45, 2.75) is 19.9 Å². The minimum absolute atomic E-state index is 0.0906. The van der Waals surface area contributed by atoms with Crippen molar-refractivity contribution in [3.8, 4) is 6.07 Å². The first-order chi connectivity index (χ1) is 5.69. The Balaban J connectivity index is 2.35. The summed E-state index contributed by atoms with van der Waals surface area (Å²) in [4.78, 5) is 2.21. The van der Waals surface area contributed by atoms with Gasteiger partial charge in [-0.2, -0.15) is 5.26 Å². The summed E-state index contributed by atoms with van der Waals surface area (Å²) in [6.45, 7) is 6.94. The second-order valence-electron chi connectivity index (χ2n) is 3.87. The van der Waals surface area contributed by atoms with E-state index in [1.807, 2.05) is 0 Å². The van der Waals surface area contributed by atoms with Crippen molar-refractivity contribution in [2.75, 3.05) is 19.6 Å². The predicted octanol–water partition coefficient (Wildman–Crippen LogP) is 0.425. The van der Waals surface area contributed by atoms with E-state index >= 15 is 0 Å². The molecule has 68 valence electrons. The van der Waals surface area contributed by atoms with Crippen LogP contribution in [0.4, 0.5) is 0 Å². The third-order valence-corrected chi connectivity index (χ3v) is 2.48. The molecular formula is C9H17N3. The lowest BCUT2D eigenvalue weighted by Gasteiger charge is -2.42. The van der Waals surface area contributed by atoms with Gasteiger partial charge in [-0.05, 0) is 18.4 Å². The standard InChI is InChI=1S/C9H17N3/c1-7(2)9(4-11)12-5-8(3-10)6-12/h7-9H,3,5-6,10H2,1-2H3/t9-/m0/s1. The van der Waals surface area contributed by atoms with Gasteiger partial charge in [0, 0.05) is 13.1 Å². The Morgan fingerprint density at radius 3 is 2.50 bits per heavy atom. The van der Waals surface area contributed by atoms with E-state index in [2.05, 4.69) is 24.8 Å². The van der Waals surface area contributed by atoms with Crippen molar-refractivity contribution in [1.82, 2.24) is 4.90 Å². The van der Waals surface area contributed by atoms with Gasteiger partial charge in [0.15, 0.2) is 0 Å². The Hall–Kier alpha value is -0.590. The zero-order valence-corrected chi connectivity index (χ0v) is 7.83. The highest BCUT2D eigenvalue weighted by Gasteiger charge is 2.32. The monoisotopic (exact) mass is 167 g/mol. The van der Waals surface area contributed by atoms with Crippen LogP contribution in [0, 0.1) is 23.2 Å². The van der Waals surface area contributed by atoms with Gasteiger partial charge in [-0.1, -0.05) is 13.8 Å². The lowest BCUT2D eigenvalue weighted by Crippen LogP contribution is -2.55. The smallest absolute Gasteiger partial charge is 0.100 e. The first-order valence-corrected chi connectivity index (χ1v) is 4.52. The number of rotatable bonds is 3. The molecule has 1 saturated heterocycles. The predicted molar refractivity (Wildman–Crippen MR) is 48.4 cm³/mol. The van der Waals surface area contributed by atoms with Crippen LogP contribution >= 0.6 is 0 Å². The molecule has 2 N–H and O–H groups in total. The molecule has 0 amide bonds. The summed E-state index contributed by atoms with van der Waals surface area (Å²) in [5, 5.41) is 8.87. The van der Waals surface area contributed by atoms with Crippen LogP contribution in [0.2, 0.25) is 0 Å². The first-order valence-electron chi connectivity index (χ1n) is 4.52. The summed E-state index contributed by atoms with van der Waals surface area (Å²) in [6, 6.07) is 2.42. The van der Waals surface area contributed by atoms with E-state index < -0.39 is 0 Å². The number of nitrogens with zero attached hydrogens (tertiary/aromatic N) is 2. The second-order valence-corrected chi connectivity index (χ2v) is 3.87. The van der Waals surface area contributed by atoms with Crippen molar-refractivity contribution in [1.29, 1.82) is 5.26 Å². The summed E-state index contributed by atoms with van der Waals surface area (Å²) >= 11 is 0. The van der Waals surface area contributed by atoms with Gasteiger partial charge in [-0.25, -0.2) is 0 Å². The fourth-order valence-electron chi connectivity index (χ4n) is 1.64. The summed E-state index contributed by atoms with van der Waals surface area (Å²) in [6.07, 6.45) is 0. The maximum absolute atomic E-state index is 8.87. The highest BCUT2D eigenvalue weighted by molar-refractivity contribution is 4.98. The zero-order valence-electron chi connectivity index (χ0n) is 7.83. The normalized spacial score (nSPS) is 21.9. The lowest BCUT2D eigenvalue weighted by atomic mass is 9.94. The van der Waals surface area contributed by atoms with Crippen molar-refractivity contribution >= 4 is 0 Å². The van der Waals surface area contributed by atoms with Crippen LogP contribution < -0.4 is 5.73 Å². The third kappa shape index (κ3) is 1.77. The maximum Gasteiger partial charge on any atom is 0.100 e. The number of likely N-dealkylation sites (tertiary alicyclic amines) is 1. The van der Waals surface area contributed by atoms with Gasteiger partial charge >= 0.3 is 0 Å². The molecule has 3 heteroatoms. The van der Waals surface area contributed by atoms with E-state index in [4.69, 9.17) is 11.0 Å². The fourth-order valence-corrected chi connectivity index (χ4v) is 1.64. The summed E-state index contributed by atoms with van der Waals surface area (Å²) in [7, 11) is 0. The summed E-state index contributed by atoms with van der Waals surface area (Å²) in [5.41, 5.74) is 5.50. The van der Waals surface area contributed by atoms with E-state index in [0.717, 1.165) is 19.6 Å². The molecule has 3 nitrogen and oxygen atoms in total. The van der Waals surface area contributed by atoms with E-state index in [1.165, 1.54) is 0 Å². The number of nitriles is 1. The van der Waals surface area contributed by atoms with Gasteiger partial charge in [-0.3, -0.25) is 4.90 Å². The molecule has 0 spiro atoms. The molecule has 0 aromatic carbocycles. The third-order valence-electron chi connectivity index (χ3n) is 2.48. The molecule has 1 heterocycles. The molecule has 0 bridgehead atoms. The molecule has 0 aliphatic carbocycles.